The lowest BCUT2D eigenvalue weighted by atomic mass is 10.0. The van der Waals surface area contributed by atoms with Crippen molar-refractivity contribution in [3.8, 4) is 27.9 Å². The van der Waals surface area contributed by atoms with Gasteiger partial charge in [-0.15, -0.1) is 0 Å². The Hall–Kier alpha value is -6.59. The third-order valence-corrected chi connectivity index (χ3v) is 8.59. The zero-order valence-corrected chi connectivity index (χ0v) is 26.0. The average molecular weight is 638 g/mol. The summed E-state index contributed by atoms with van der Waals surface area (Å²) in [6.45, 7) is 0. The van der Waals surface area contributed by atoms with E-state index >= 15 is 0 Å². The zero-order valence-electron chi connectivity index (χ0n) is 34.0. The maximum Gasteiger partial charge on any atom is 0.169 e. The van der Waals surface area contributed by atoms with Gasteiger partial charge in [-0.05, 0) is 64.7 Å². The molecule has 0 saturated carbocycles. The maximum atomic E-state index is 9.25. The van der Waals surface area contributed by atoms with Gasteiger partial charge in [-0.3, -0.25) is 4.98 Å². The van der Waals surface area contributed by atoms with Gasteiger partial charge in [-0.2, -0.15) is 0 Å². The quantitative estimate of drug-likeness (QED) is 0.197. The minimum Gasteiger partial charge on any atom is -0.324 e. The Kier molecular flexibility index (Phi) is 5.31. The van der Waals surface area contributed by atoms with Crippen LogP contribution in [-0.4, -0.2) is 21.2 Å². The first-order valence-corrected chi connectivity index (χ1v) is 15.8. The van der Waals surface area contributed by atoms with Crippen molar-refractivity contribution in [2.24, 2.45) is 9.98 Å². The molecule has 232 valence electrons. The van der Waals surface area contributed by atoms with Crippen LogP contribution in [0.15, 0.2) is 186 Å². The monoisotopic (exact) mass is 637 g/mol. The summed E-state index contributed by atoms with van der Waals surface area (Å²) in [5.74, 6) is 0.455. The average Bonchev–Trinajstić information content (AvgIpc) is 3.57. The van der Waals surface area contributed by atoms with Gasteiger partial charge in [0.15, 0.2) is 6.17 Å². The number of hydrogen-bond donors (Lipinski definition) is 1. The predicted molar refractivity (Wildman–Crippen MR) is 201 cm³/mol. The van der Waals surface area contributed by atoms with Crippen molar-refractivity contribution in [2.45, 2.75) is 6.17 Å². The third kappa shape index (κ3) is 5.37. The Bertz CT molecular complexity index is 2960. The molecule has 1 aliphatic rings. The van der Waals surface area contributed by atoms with Gasteiger partial charge in [-0.1, -0.05) is 121 Å². The fraction of sp³-hybridized carbons (Fsp3) is 0.0227. The number of rotatable bonds is 6. The van der Waals surface area contributed by atoms with E-state index in [-0.39, 0.29) is 22.5 Å². The Labute approximate surface area is 295 Å². The fourth-order valence-corrected chi connectivity index (χ4v) is 6.26. The summed E-state index contributed by atoms with van der Waals surface area (Å²) < 4.78 is 70.8. The number of aromatic nitrogens is 2. The van der Waals surface area contributed by atoms with E-state index in [1.54, 1.807) is 0 Å². The normalized spacial score (nSPS) is 16.6. The van der Waals surface area contributed by atoms with Crippen molar-refractivity contribution in [1.82, 2.24) is 14.9 Å². The second-order valence-corrected chi connectivity index (χ2v) is 11.6. The molecule has 0 saturated heterocycles. The maximum absolute atomic E-state index is 9.25. The molecule has 5 heteroatoms. The number of para-hydroxylation sites is 2. The van der Waals surface area contributed by atoms with Gasteiger partial charge in [-0.25, -0.2) is 9.98 Å². The van der Waals surface area contributed by atoms with Crippen LogP contribution in [-0.2, 0) is 0 Å². The van der Waals surface area contributed by atoms with E-state index < -0.39 is 54.8 Å². The molecule has 0 spiro atoms. The number of aliphatic imine (C=N–C) groups is 2. The Balaban J connectivity index is 1.13. The van der Waals surface area contributed by atoms with Gasteiger partial charge in [0.2, 0.25) is 0 Å². The molecule has 1 aliphatic heterocycles. The number of fused-ring (bicyclic) bond motifs is 3. The summed E-state index contributed by atoms with van der Waals surface area (Å²) in [7, 11) is 0. The van der Waals surface area contributed by atoms with E-state index in [0.29, 0.717) is 11.4 Å². The molecule has 5 nitrogen and oxygen atoms in total. The number of benzene rings is 6. The number of amidine groups is 2. The van der Waals surface area contributed by atoms with Crippen LogP contribution in [0.4, 0.5) is 0 Å². The van der Waals surface area contributed by atoms with E-state index in [1.165, 1.54) is 0 Å². The molecule has 1 unspecified atom stereocenters. The first kappa shape index (κ1) is 21.3. The molecule has 0 aliphatic carbocycles. The number of pyridine rings is 1. The van der Waals surface area contributed by atoms with Crippen LogP contribution in [0.3, 0.4) is 0 Å². The van der Waals surface area contributed by atoms with Crippen LogP contribution in [0.1, 0.15) is 33.8 Å². The highest BCUT2D eigenvalue weighted by molar-refractivity contribution is 6.16. The van der Waals surface area contributed by atoms with Crippen LogP contribution in [0.2, 0.25) is 0 Å². The van der Waals surface area contributed by atoms with Crippen molar-refractivity contribution < 1.29 is 11.0 Å². The molecule has 1 atom stereocenters. The Morgan fingerprint density at radius 2 is 1.20 bits per heavy atom. The van der Waals surface area contributed by atoms with E-state index in [2.05, 4.69) is 69.5 Å². The summed E-state index contributed by atoms with van der Waals surface area (Å²) >= 11 is 0. The number of hydrogen-bond acceptors (Lipinski definition) is 4. The van der Waals surface area contributed by atoms with Gasteiger partial charge in [0.25, 0.3) is 0 Å². The first-order valence-electron chi connectivity index (χ1n) is 19.8. The summed E-state index contributed by atoms with van der Waals surface area (Å²) in [6, 6.07) is 39.2. The topological polar surface area (TPSA) is 54.6 Å². The largest absolute Gasteiger partial charge is 0.324 e. The van der Waals surface area contributed by atoms with Crippen molar-refractivity contribution >= 4 is 33.5 Å². The zero-order chi connectivity index (χ0) is 39.5. The standard InChI is InChI=1S/C44H31N5/c1-3-11-31(12-4-1)42-46-43(48-44(47-42)35-14-9-13-33(27-35)36-15-10-26-45-29-36)32-22-20-30(21-23-32)34-24-25-41-39(28-34)38-18-7-8-19-40(38)49(41)37-16-5-2-6-17-37/h1-29,42H,(H,46,47,48)/i9D,10D,13D,14D,15D,26D,27D,29D. The minimum absolute atomic E-state index is 0.0529. The van der Waals surface area contributed by atoms with Crippen molar-refractivity contribution in [3.63, 3.8) is 0 Å². The van der Waals surface area contributed by atoms with Crippen LogP contribution in [0, 0.1) is 0 Å². The van der Waals surface area contributed by atoms with Gasteiger partial charge < -0.3 is 9.88 Å². The van der Waals surface area contributed by atoms with Crippen LogP contribution in [0.5, 0.6) is 0 Å². The predicted octanol–water partition coefficient (Wildman–Crippen LogP) is 10.0. The molecule has 0 bridgehead atoms. The van der Waals surface area contributed by atoms with E-state index in [9.17, 15) is 1.37 Å². The van der Waals surface area contributed by atoms with Gasteiger partial charge in [0.1, 0.15) is 11.7 Å². The Morgan fingerprint density at radius 1 is 0.551 bits per heavy atom. The molecule has 6 aromatic carbocycles. The third-order valence-electron chi connectivity index (χ3n) is 8.59. The smallest absolute Gasteiger partial charge is 0.169 e. The van der Waals surface area contributed by atoms with E-state index in [4.69, 9.17) is 19.6 Å². The van der Waals surface area contributed by atoms with Gasteiger partial charge in [0, 0.05) is 45.5 Å². The van der Waals surface area contributed by atoms with Crippen LogP contribution in [0.25, 0.3) is 49.7 Å². The van der Waals surface area contributed by atoms with Gasteiger partial charge in [0.05, 0.1) is 22.0 Å². The highest BCUT2D eigenvalue weighted by Crippen LogP contribution is 2.35. The highest BCUT2D eigenvalue weighted by atomic mass is 15.2. The number of nitrogens with zero attached hydrogens (tertiary/aromatic N) is 4. The lowest BCUT2D eigenvalue weighted by molar-refractivity contribution is 0.756. The fourth-order valence-electron chi connectivity index (χ4n) is 6.26. The lowest BCUT2D eigenvalue weighted by Crippen LogP contribution is -2.36. The lowest BCUT2D eigenvalue weighted by Gasteiger charge is -2.22. The molecule has 9 rings (SSSR count). The minimum atomic E-state index is -0.795. The Morgan fingerprint density at radius 3 is 2.04 bits per heavy atom. The van der Waals surface area contributed by atoms with E-state index in [1.807, 2.05) is 72.8 Å². The summed E-state index contributed by atoms with van der Waals surface area (Å²) in [5.41, 5.74) is 6.00. The number of nitrogens with one attached hydrogen (secondary N) is 1. The van der Waals surface area contributed by atoms with E-state index in [0.717, 1.165) is 44.2 Å². The van der Waals surface area contributed by atoms with Crippen molar-refractivity contribution in [1.29, 1.82) is 0 Å². The molecular weight excluding hydrogens is 599 g/mol. The second-order valence-electron chi connectivity index (χ2n) is 11.6. The molecule has 1 N–H and O–H groups in total. The SMILES string of the molecule is [2H]c1nc([2H])c(-c2c([2H])c([2H])c([2H])c(C3=NC(c4ccccc4)N=C(c4ccc(-c5ccc6c(c5)c5ccccc5n6-c5ccccc5)cc4)N3)c2[2H])c([2H])c1[2H]. The van der Waals surface area contributed by atoms with Gasteiger partial charge >= 0.3 is 0 Å². The van der Waals surface area contributed by atoms with Crippen molar-refractivity contribution in [3.05, 3.63) is 193 Å². The molecular formula is C44H31N5. The molecule has 0 amide bonds. The molecule has 8 aromatic rings. The molecule has 3 heterocycles. The first-order chi connectivity index (χ1) is 27.6. The summed E-state index contributed by atoms with van der Waals surface area (Å²) in [6.07, 6.45) is -1.95. The summed E-state index contributed by atoms with van der Waals surface area (Å²) in [4.78, 5) is 13.5. The van der Waals surface area contributed by atoms with Crippen LogP contribution < -0.4 is 5.32 Å². The molecule has 0 fully saturated rings. The summed E-state index contributed by atoms with van der Waals surface area (Å²) in [5, 5.41) is 5.48. The molecule has 49 heavy (non-hydrogen) atoms. The molecule has 2 aromatic heterocycles. The van der Waals surface area contributed by atoms with Crippen LogP contribution >= 0.6 is 0 Å². The van der Waals surface area contributed by atoms with Crippen molar-refractivity contribution in [2.75, 3.05) is 0 Å². The highest BCUT2D eigenvalue weighted by Gasteiger charge is 2.21. The second kappa shape index (κ2) is 12.2. The molecule has 0 radical (unpaired) electrons.